The summed E-state index contributed by atoms with van der Waals surface area (Å²) in [6.45, 7) is 4.47. The Kier molecular flexibility index (Phi) is 5.65. The number of carbonyl (C=O) groups is 1. The summed E-state index contributed by atoms with van der Waals surface area (Å²) in [7, 11) is 1.71. The van der Waals surface area contributed by atoms with Gasteiger partial charge in [-0.3, -0.25) is 10.1 Å². The lowest BCUT2D eigenvalue weighted by molar-refractivity contribution is -0.129. The van der Waals surface area contributed by atoms with Gasteiger partial charge in [-0.1, -0.05) is 13.3 Å². The Bertz CT molecular complexity index is 197. The summed E-state index contributed by atoms with van der Waals surface area (Å²) in [5, 5.41) is 3.24. The highest BCUT2D eigenvalue weighted by atomic mass is 16.5. The molecule has 4 nitrogen and oxygen atoms in total. The van der Waals surface area contributed by atoms with Crippen LogP contribution in [0.5, 0.6) is 0 Å². The third-order valence-corrected chi connectivity index (χ3v) is 2.74. The number of rotatable bonds is 7. The van der Waals surface area contributed by atoms with Crippen LogP contribution >= 0.6 is 0 Å². The maximum Gasteiger partial charge on any atom is 0.240 e. The van der Waals surface area contributed by atoms with Crippen molar-refractivity contribution >= 4 is 5.91 Å². The highest BCUT2D eigenvalue weighted by Crippen LogP contribution is 2.09. The number of carbonyl (C=O) groups excluding carboxylic acids is 1. The normalized spacial score (nSPS) is 21.3. The van der Waals surface area contributed by atoms with E-state index in [9.17, 15) is 4.79 Å². The molecule has 0 saturated carbocycles. The maximum absolute atomic E-state index is 11.8. The second-order valence-corrected chi connectivity index (χ2v) is 4.01. The molecule has 0 aliphatic carbocycles. The Balaban J connectivity index is 2.18. The molecule has 1 aliphatic rings. The van der Waals surface area contributed by atoms with E-state index in [1.165, 1.54) is 0 Å². The number of unbranched alkanes of at least 4 members (excludes halogenated alkanes) is 1. The first-order valence-electron chi connectivity index (χ1n) is 5.80. The first kappa shape index (κ1) is 12.5. The van der Waals surface area contributed by atoms with Crippen molar-refractivity contribution in [2.24, 2.45) is 0 Å². The fourth-order valence-electron chi connectivity index (χ4n) is 1.86. The number of methoxy groups -OCH3 is 1. The number of nitrogens with zero attached hydrogens (tertiary/aromatic N) is 1. The molecule has 0 aromatic heterocycles. The second-order valence-electron chi connectivity index (χ2n) is 4.01. The zero-order chi connectivity index (χ0) is 11.1. The van der Waals surface area contributed by atoms with Crippen LogP contribution in [0.4, 0.5) is 0 Å². The van der Waals surface area contributed by atoms with Crippen LogP contribution in [-0.2, 0) is 9.53 Å². The summed E-state index contributed by atoms with van der Waals surface area (Å²) in [4.78, 5) is 13.7. The lowest BCUT2D eigenvalue weighted by atomic mass is 10.1. The van der Waals surface area contributed by atoms with Crippen LogP contribution in [0.3, 0.4) is 0 Å². The second kappa shape index (κ2) is 6.80. The quantitative estimate of drug-likeness (QED) is 0.642. The number of nitrogens with one attached hydrogen (secondary N) is 1. The molecule has 1 atom stereocenters. The Morgan fingerprint density at radius 3 is 3.00 bits per heavy atom. The first-order chi connectivity index (χ1) is 7.29. The van der Waals surface area contributed by atoms with Crippen molar-refractivity contribution in [3.8, 4) is 0 Å². The van der Waals surface area contributed by atoms with Gasteiger partial charge in [0.05, 0.1) is 12.7 Å². The van der Waals surface area contributed by atoms with E-state index in [4.69, 9.17) is 4.74 Å². The van der Waals surface area contributed by atoms with Gasteiger partial charge in [0.15, 0.2) is 0 Å². The molecule has 0 aromatic rings. The van der Waals surface area contributed by atoms with E-state index < -0.39 is 0 Å². The topological polar surface area (TPSA) is 41.6 Å². The molecule has 0 radical (unpaired) electrons. The van der Waals surface area contributed by atoms with Crippen LogP contribution in [0.2, 0.25) is 0 Å². The van der Waals surface area contributed by atoms with E-state index in [0.29, 0.717) is 0 Å². The fraction of sp³-hybridized carbons (Fsp3) is 0.909. The van der Waals surface area contributed by atoms with E-state index in [1.807, 2.05) is 4.90 Å². The number of amides is 1. The molecule has 1 N–H and O–H groups in total. The molecule has 1 unspecified atom stereocenters. The molecule has 0 spiro atoms. The highest BCUT2D eigenvalue weighted by molar-refractivity contribution is 5.83. The molecule has 1 saturated heterocycles. The minimum Gasteiger partial charge on any atom is -0.385 e. The fourth-order valence-corrected chi connectivity index (χ4v) is 1.86. The monoisotopic (exact) mass is 214 g/mol. The van der Waals surface area contributed by atoms with Crippen molar-refractivity contribution in [2.75, 3.05) is 26.9 Å². The van der Waals surface area contributed by atoms with Crippen LogP contribution in [-0.4, -0.2) is 43.8 Å². The predicted octanol–water partition coefficient (Wildman–Crippen LogP) is 0.971. The average Bonchev–Trinajstić information content (AvgIpc) is 2.57. The molecule has 1 heterocycles. The smallest absolute Gasteiger partial charge is 0.240 e. The number of ether oxygens (including phenoxy) is 1. The van der Waals surface area contributed by atoms with Crippen LogP contribution in [0.25, 0.3) is 0 Å². The van der Waals surface area contributed by atoms with Gasteiger partial charge in [0, 0.05) is 20.3 Å². The van der Waals surface area contributed by atoms with Gasteiger partial charge in [0.2, 0.25) is 5.91 Å². The van der Waals surface area contributed by atoms with Crippen molar-refractivity contribution in [2.45, 2.75) is 38.6 Å². The van der Waals surface area contributed by atoms with Gasteiger partial charge in [0.1, 0.15) is 0 Å². The highest BCUT2D eigenvalue weighted by Gasteiger charge is 2.29. The lowest BCUT2D eigenvalue weighted by Crippen LogP contribution is -2.31. The van der Waals surface area contributed by atoms with Crippen molar-refractivity contribution in [1.29, 1.82) is 0 Å². The zero-order valence-electron chi connectivity index (χ0n) is 9.79. The van der Waals surface area contributed by atoms with Crippen molar-refractivity contribution in [3.05, 3.63) is 0 Å². The Hall–Kier alpha value is -0.610. The van der Waals surface area contributed by atoms with Gasteiger partial charge in [-0.25, -0.2) is 0 Å². The predicted molar refractivity (Wildman–Crippen MR) is 59.5 cm³/mol. The molecule has 88 valence electrons. The van der Waals surface area contributed by atoms with Crippen molar-refractivity contribution < 1.29 is 9.53 Å². The van der Waals surface area contributed by atoms with Gasteiger partial charge in [0.25, 0.3) is 0 Å². The van der Waals surface area contributed by atoms with E-state index >= 15 is 0 Å². The minimum absolute atomic E-state index is 0.0671. The van der Waals surface area contributed by atoms with Gasteiger partial charge in [-0.2, -0.15) is 0 Å². The summed E-state index contributed by atoms with van der Waals surface area (Å²) >= 11 is 0. The SMILES string of the molecule is CCCC1NCN(CCCCOC)C1=O. The summed E-state index contributed by atoms with van der Waals surface area (Å²) in [5.74, 6) is 0.272. The molecule has 0 bridgehead atoms. The van der Waals surface area contributed by atoms with E-state index in [1.54, 1.807) is 7.11 Å². The van der Waals surface area contributed by atoms with Gasteiger partial charge in [-0.15, -0.1) is 0 Å². The molecule has 0 aromatic carbocycles. The van der Waals surface area contributed by atoms with Gasteiger partial charge in [-0.05, 0) is 19.3 Å². The van der Waals surface area contributed by atoms with E-state index in [0.717, 1.165) is 45.5 Å². The number of hydrogen-bond acceptors (Lipinski definition) is 3. The molecule has 1 rings (SSSR count). The lowest BCUT2D eigenvalue weighted by Gasteiger charge is -2.14. The largest absolute Gasteiger partial charge is 0.385 e. The van der Waals surface area contributed by atoms with Gasteiger partial charge >= 0.3 is 0 Å². The first-order valence-corrected chi connectivity index (χ1v) is 5.80. The molecule has 15 heavy (non-hydrogen) atoms. The summed E-state index contributed by atoms with van der Waals surface area (Å²) in [6, 6.07) is 0.0671. The molecular formula is C11H22N2O2. The van der Waals surface area contributed by atoms with Crippen molar-refractivity contribution in [3.63, 3.8) is 0 Å². The summed E-state index contributed by atoms with van der Waals surface area (Å²) in [5.41, 5.74) is 0. The third-order valence-electron chi connectivity index (χ3n) is 2.74. The van der Waals surface area contributed by atoms with Crippen LogP contribution in [0.1, 0.15) is 32.6 Å². The van der Waals surface area contributed by atoms with Crippen LogP contribution < -0.4 is 5.32 Å². The Morgan fingerprint density at radius 2 is 2.33 bits per heavy atom. The summed E-state index contributed by atoms with van der Waals surface area (Å²) in [6.07, 6.45) is 4.06. The van der Waals surface area contributed by atoms with E-state index in [2.05, 4.69) is 12.2 Å². The zero-order valence-corrected chi connectivity index (χ0v) is 9.79. The Labute approximate surface area is 92.0 Å². The van der Waals surface area contributed by atoms with E-state index in [-0.39, 0.29) is 11.9 Å². The third kappa shape index (κ3) is 3.80. The summed E-state index contributed by atoms with van der Waals surface area (Å²) < 4.78 is 4.97. The van der Waals surface area contributed by atoms with Crippen molar-refractivity contribution in [1.82, 2.24) is 10.2 Å². The average molecular weight is 214 g/mol. The van der Waals surface area contributed by atoms with Gasteiger partial charge < -0.3 is 9.64 Å². The van der Waals surface area contributed by atoms with Crippen LogP contribution in [0.15, 0.2) is 0 Å². The molecule has 4 heteroatoms. The van der Waals surface area contributed by atoms with Crippen LogP contribution in [0, 0.1) is 0 Å². The number of hydrogen-bond donors (Lipinski definition) is 1. The Morgan fingerprint density at radius 1 is 1.53 bits per heavy atom. The molecule has 1 amide bonds. The molecular weight excluding hydrogens is 192 g/mol. The molecule has 1 fully saturated rings. The standard InChI is InChI=1S/C11H22N2O2/c1-3-6-10-11(14)13(9-12-10)7-4-5-8-15-2/h10,12H,3-9H2,1-2H3. The minimum atomic E-state index is 0.0671. The molecule has 1 aliphatic heterocycles. The maximum atomic E-state index is 11.8.